The highest BCUT2D eigenvalue weighted by Crippen LogP contribution is 2.30. The molecule has 2 aromatic carbocycles. The van der Waals surface area contributed by atoms with Crippen molar-refractivity contribution in [3.63, 3.8) is 0 Å². The van der Waals surface area contributed by atoms with E-state index < -0.39 is 19.2 Å². The molecule has 0 amide bonds. The maximum Gasteiger partial charge on any atom is 0.387 e. The number of aromatic amines is 1. The molecule has 1 aromatic heterocycles. The van der Waals surface area contributed by atoms with Gasteiger partial charge in [0.1, 0.15) is 0 Å². The molecule has 0 radical (unpaired) electrons. The van der Waals surface area contributed by atoms with Crippen LogP contribution in [0, 0.1) is 6.92 Å². The lowest BCUT2D eigenvalue weighted by Gasteiger charge is -2.12. The molecule has 0 bridgehead atoms. The summed E-state index contributed by atoms with van der Waals surface area (Å²) in [6, 6.07) is 11.0. The van der Waals surface area contributed by atoms with E-state index in [9.17, 15) is 18.4 Å². The van der Waals surface area contributed by atoms with Crippen LogP contribution in [0.4, 0.5) is 8.78 Å². The summed E-state index contributed by atoms with van der Waals surface area (Å²) in [4.78, 5) is 28.0. The van der Waals surface area contributed by atoms with Gasteiger partial charge >= 0.3 is 12.6 Å². The fourth-order valence-corrected chi connectivity index (χ4v) is 3.02. The molecule has 0 aliphatic carbocycles. The SMILES string of the molecule is CCOc1cc(C(=O)OCC(=O)c2c(C)[nH]c3ccccc23)ccc1OC(F)F. The quantitative estimate of drug-likeness (QED) is 0.442. The van der Waals surface area contributed by atoms with Crippen molar-refractivity contribution in [2.45, 2.75) is 20.5 Å². The number of halogens is 2. The van der Waals surface area contributed by atoms with Gasteiger partial charge in [0, 0.05) is 22.2 Å². The van der Waals surface area contributed by atoms with Crippen LogP contribution >= 0.6 is 0 Å². The molecule has 0 spiro atoms. The van der Waals surface area contributed by atoms with E-state index in [-0.39, 0.29) is 29.5 Å². The third-order valence-corrected chi connectivity index (χ3v) is 4.20. The predicted molar refractivity (Wildman–Crippen MR) is 102 cm³/mol. The Morgan fingerprint density at radius 1 is 1.10 bits per heavy atom. The van der Waals surface area contributed by atoms with Crippen molar-refractivity contribution in [2.75, 3.05) is 13.2 Å². The summed E-state index contributed by atoms with van der Waals surface area (Å²) >= 11 is 0. The van der Waals surface area contributed by atoms with Crippen LogP contribution in [0.5, 0.6) is 11.5 Å². The molecule has 3 aromatic rings. The summed E-state index contributed by atoms with van der Waals surface area (Å²) in [7, 11) is 0. The number of esters is 1. The van der Waals surface area contributed by atoms with Crippen LogP contribution in [0.3, 0.4) is 0 Å². The Bertz CT molecular complexity index is 1040. The zero-order valence-corrected chi connectivity index (χ0v) is 15.8. The van der Waals surface area contributed by atoms with Crippen LogP contribution in [0.2, 0.25) is 0 Å². The van der Waals surface area contributed by atoms with Gasteiger partial charge in [-0.1, -0.05) is 18.2 Å². The molecule has 8 heteroatoms. The molecule has 0 saturated carbocycles. The van der Waals surface area contributed by atoms with Crippen molar-refractivity contribution in [1.82, 2.24) is 4.98 Å². The van der Waals surface area contributed by atoms with E-state index in [4.69, 9.17) is 9.47 Å². The molecule has 0 fully saturated rings. The minimum atomic E-state index is -3.02. The number of H-pyrrole nitrogens is 1. The first-order valence-corrected chi connectivity index (χ1v) is 8.90. The molecule has 152 valence electrons. The van der Waals surface area contributed by atoms with Gasteiger partial charge < -0.3 is 19.2 Å². The molecule has 29 heavy (non-hydrogen) atoms. The Labute approximate surface area is 165 Å². The van der Waals surface area contributed by atoms with Gasteiger partial charge in [-0.3, -0.25) is 4.79 Å². The van der Waals surface area contributed by atoms with Crippen LogP contribution in [0.25, 0.3) is 10.9 Å². The van der Waals surface area contributed by atoms with Gasteiger partial charge in [0.25, 0.3) is 0 Å². The molecule has 1 heterocycles. The number of carbonyl (C=O) groups is 2. The largest absolute Gasteiger partial charge is 0.490 e. The Balaban J connectivity index is 1.74. The summed E-state index contributed by atoms with van der Waals surface area (Å²) in [5.41, 5.74) is 2.01. The minimum Gasteiger partial charge on any atom is -0.490 e. The van der Waals surface area contributed by atoms with Crippen LogP contribution in [0.15, 0.2) is 42.5 Å². The van der Waals surface area contributed by atoms with E-state index in [1.165, 1.54) is 18.2 Å². The van der Waals surface area contributed by atoms with Crippen molar-refractivity contribution in [1.29, 1.82) is 0 Å². The molecule has 0 unspecified atom stereocenters. The van der Waals surface area contributed by atoms with Gasteiger partial charge in [-0.15, -0.1) is 0 Å². The summed E-state index contributed by atoms with van der Waals surface area (Å²) in [6.07, 6.45) is 0. The van der Waals surface area contributed by atoms with Crippen molar-refractivity contribution in [3.05, 3.63) is 59.3 Å². The number of nitrogens with one attached hydrogen (secondary N) is 1. The van der Waals surface area contributed by atoms with E-state index in [2.05, 4.69) is 9.72 Å². The van der Waals surface area contributed by atoms with E-state index in [1.54, 1.807) is 13.8 Å². The number of fused-ring (bicyclic) bond motifs is 1. The van der Waals surface area contributed by atoms with Crippen LogP contribution in [0.1, 0.15) is 33.3 Å². The summed E-state index contributed by atoms with van der Waals surface area (Å²) in [5.74, 6) is -1.33. The zero-order chi connectivity index (χ0) is 21.0. The highest BCUT2D eigenvalue weighted by molar-refractivity contribution is 6.10. The molecule has 0 aliphatic rings. The molecular formula is C21H19F2NO5. The summed E-state index contributed by atoms with van der Waals surface area (Å²) < 4.78 is 39.7. The van der Waals surface area contributed by atoms with Crippen LogP contribution in [-0.2, 0) is 4.74 Å². The van der Waals surface area contributed by atoms with Gasteiger partial charge in [-0.2, -0.15) is 8.78 Å². The van der Waals surface area contributed by atoms with Gasteiger partial charge in [0.05, 0.1) is 12.2 Å². The Morgan fingerprint density at radius 2 is 1.86 bits per heavy atom. The van der Waals surface area contributed by atoms with E-state index >= 15 is 0 Å². The molecule has 0 aliphatic heterocycles. The van der Waals surface area contributed by atoms with Crippen molar-refractivity contribution in [2.24, 2.45) is 0 Å². The first-order chi connectivity index (χ1) is 13.9. The highest BCUT2D eigenvalue weighted by Gasteiger charge is 2.19. The first kappa shape index (κ1) is 20.3. The average Bonchev–Trinajstić information content (AvgIpc) is 3.02. The number of aromatic nitrogens is 1. The van der Waals surface area contributed by atoms with Crippen molar-refractivity contribution in [3.8, 4) is 11.5 Å². The fourth-order valence-electron chi connectivity index (χ4n) is 3.02. The number of benzene rings is 2. The number of rotatable bonds is 8. The number of aryl methyl sites for hydroxylation is 1. The van der Waals surface area contributed by atoms with Gasteiger partial charge in [-0.05, 0) is 38.1 Å². The monoisotopic (exact) mass is 403 g/mol. The number of hydrogen-bond donors (Lipinski definition) is 1. The van der Waals surface area contributed by atoms with Crippen molar-refractivity contribution >= 4 is 22.7 Å². The standard InChI is InChI=1S/C21H19F2NO5/c1-3-27-18-10-13(8-9-17(18)29-21(22)23)20(26)28-11-16(25)19-12(2)24-15-7-5-4-6-14(15)19/h4-10,21,24H,3,11H2,1-2H3. The smallest absolute Gasteiger partial charge is 0.387 e. The van der Waals surface area contributed by atoms with Gasteiger partial charge in [0.2, 0.25) is 5.78 Å². The lowest BCUT2D eigenvalue weighted by atomic mass is 10.1. The zero-order valence-electron chi connectivity index (χ0n) is 15.8. The van der Waals surface area contributed by atoms with Crippen LogP contribution < -0.4 is 9.47 Å². The Hall–Kier alpha value is -3.42. The van der Waals surface area contributed by atoms with E-state index in [0.29, 0.717) is 11.3 Å². The molecule has 1 N–H and O–H groups in total. The summed E-state index contributed by atoms with van der Waals surface area (Å²) in [6.45, 7) is 0.144. The maximum absolute atomic E-state index is 12.6. The number of alkyl halides is 2. The van der Waals surface area contributed by atoms with E-state index in [1.807, 2.05) is 24.3 Å². The number of ketones is 1. The second kappa shape index (κ2) is 8.72. The third-order valence-electron chi connectivity index (χ3n) is 4.20. The predicted octanol–water partition coefficient (Wildman–Crippen LogP) is 4.52. The fraction of sp³-hybridized carbons (Fsp3) is 0.238. The summed E-state index contributed by atoms with van der Waals surface area (Å²) in [5, 5.41) is 0.748. The second-order valence-corrected chi connectivity index (χ2v) is 6.14. The van der Waals surface area contributed by atoms with Crippen LogP contribution in [-0.4, -0.2) is 36.6 Å². The van der Waals surface area contributed by atoms with Crippen molar-refractivity contribution < 1.29 is 32.6 Å². The number of ether oxygens (including phenoxy) is 3. The average molecular weight is 403 g/mol. The molecular weight excluding hydrogens is 384 g/mol. The normalized spacial score (nSPS) is 10.9. The molecule has 0 saturated heterocycles. The highest BCUT2D eigenvalue weighted by atomic mass is 19.3. The van der Waals surface area contributed by atoms with E-state index in [0.717, 1.165) is 10.9 Å². The lowest BCUT2D eigenvalue weighted by Crippen LogP contribution is -2.15. The molecule has 6 nitrogen and oxygen atoms in total. The lowest BCUT2D eigenvalue weighted by molar-refractivity contribution is -0.0514. The number of hydrogen-bond acceptors (Lipinski definition) is 5. The molecule has 3 rings (SSSR count). The second-order valence-electron chi connectivity index (χ2n) is 6.14. The topological polar surface area (TPSA) is 77.6 Å². The number of carbonyl (C=O) groups excluding carboxylic acids is 2. The molecule has 0 atom stereocenters. The third kappa shape index (κ3) is 4.53. The Kier molecular flexibility index (Phi) is 6.11. The number of para-hydroxylation sites is 1. The van der Waals surface area contributed by atoms with Gasteiger partial charge in [-0.25, -0.2) is 4.79 Å². The van der Waals surface area contributed by atoms with Gasteiger partial charge in [0.15, 0.2) is 18.1 Å². The first-order valence-electron chi connectivity index (χ1n) is 8.90. The minimum absolute atomic E-state index is 0.0129. The number of Topliss-reactive ketones (excluding diaryl/α,β-unsaturated/α-hetero) is 1. The maximum atomic E-state index is 12.6. The Morgan fingerprint density at radius 3 is 2.59 bits per heavy atom.